The van der Waals surface area contributed by atoms with E-state index in [0.29, 0.717) is 0 Å². The Morgan fingerprint density at radius 1 is 1.44 bits per heavy atom. The van der Waals surface area contributed by atoms with Crippen LogP contribution >= 0.6 is 0 Å². The first kappa shape index (κ1) is 5.88. The Kier molecular flexibility index (Phi) is 1.90. The Morgan fingerprint density at radius 2 is 2.33 bits per heavy atom. The Morgan fingerprint density at radius 3 is 3.22 bits per heavy atom. The van der Waals surface area contributed by atoms with Crippen LogP contribution in [-0.2, 0) is 0 Å². The molecule has 0 fully saturated rings. The number of aromatic nitrogens is 3. The van der Waals surface area contributed by atoms with Crippen LogP contribution in [0.2, 0.25) is 0 Å². The summed E-state index contributed by atoms with van der Waals surface area (Å²) < 4.78 is 0. The maximum Gasteiger partial charge on any atom is 0.107 e. The maximum absolute atomic E-state index is 3.99. The standard InChI is InChI=1S/C6H9N3/c1-6-3-2-4-8-9-5-7-6/h2-5,8H,1H3,(H,7,9). The first-order valence-corrected chi connectivity index (χ1v) is 2.76. The number of rotatable bonds is 0. The van der Waals surface area contributed by atoms with Crippen molar-refractivity contribution in [2.24, 2.45) is 0 Å². The monoisotopic (exact) mass is 123 g/mol. The van der Waals surface area contributed by atoms with Crippen molar-refractivity contribution in [1.82, 2.24) is 15.2 Å². The molecule has 0 aliphatic rings. The highest BCUT2D eigenvalue weighted by Gasteiger charge is 1.71. The van der Waals surface area contributed by atoms with Crippen molar-refractivity contribution in [1.29, 1.82) is 0 Å². The summed E-state index contributed by atoms with van der Waals surface area (Å²) >= 11 is 0. The molecule has 3 heteroatoms. The fourth-order valence-corrected chi connectivity index (χ4v) is 0.498. The lowest BCUT2D eigenvalue weighted by atomic mass is 10.4. The summed E-state index contributed by atoms with van der Waals surface area (Å²) in [5.41, 5.74) is 0.986. The number of aryl methyl sites for hydroxylation is 1. The van der Waals surface area contributed by atoms with Gasteiger partial charge in [0, 0.05) is 11.9 Å². The van der Waals surface area contributed by atoms with Crippen LogP contribution in [-0.4, -0.2) is 15.2 Å². The lowest BCUT2D eigenvalue weighted by Gasteiger charge is -1.82. The van der Waals surface area contributed by atoms with Crippen molar-refractivity contribution in [2.75, 3.05) is 0 Å². The molecular formula is C6H9N3. The molecule has 0 atom stereocenters. The number of H-pyrrole nitrogens is 2. The van der Waals surface area contributed by atoms with Gasteiger partial charge < -0.3 is 5.10 Å². The van der Waals surface area contributed by atoms with E-state index in [9.17, 15) is 0 Å². The van der Waals surface area contributed by atoms with E-state index in [2.05, 4.69) is 15.2 Å². The summed E-state index contributed by atoms with van der Waals surface area (Å²) in [5.74, 6) is 0. The van der Waals surface area contributed by atoms with Gasteiger partial charge in [0.1, 0.15) is 6.33 Å². The highest BCUT2D eigenvalue weighted by molar-refractivity contribution is 4.93. The van der Waals surface area contributed by atoms with Crippen LogP contribution in [0.4, 0.5) is 0 Å². The van der Waals surface area contributed by atoms with Gasteiger partial charge in [-0.1, -0.05) is 0 Å². The predicted octanol–water partition coefficient (Wildman–Crippen LogP) is 1.17. The van der Waals surface area contributed by atoms with Crippen LogP contribution < -0.4 is 0 Å². The van der Waals surface area contributed by atoms with E-state index in [-0.39, 0.29) is 0 Å². The third-order valence-corrected chi connectivity index (χ3v) is 0.933. The molecule has 0 bridgehead atoms. The Bertz CT molecular complexity index is 190. The molecule has 1 aromatic heterocycles. The van der Waals surface area contributed by atoms with Gasteiger partial charge in [-0.3, -0.25) is 5.10 Å². The Hall–Kier alpha value is -1.25. The van der Waals surface area contributed by atoms with Crippen molar-refractivity contribution in [2.45, 2.75) is 6.92 Å². The minimum Gasteiger partial charge on any atom is -0.307 e. The third kappa shape index (κ3) is 1.99. The molecule has 0 unspecified atom stereocenters. The maximum atomic E-state index is 3.99. The fraction of sp³-hybridized carbons (Fsp3) is 0.167. The second-order valence-corrected chi connectivity index (χ2v) is 1.71. The highest BCUT2D eigenvalue weighted by atomic mass is 15.1. The van der Waals surface area contributed by atoms with Crippen molar-refractivity contribution in [3.8, 4) is 0 Å². The van der Waals surface area contributed by atoms with Crippen LogP contribution in [0, 0.1) is 6.92 Å². The molecule has 0 aliphatic carbocycles. The molecule has 0 aromatic carbocycles. The van der Waals surface area contributed by atoms with Gasteiger partial charge in [-0.2, -0.15) is 0 Å². The normalized spacial score (nSPS) is 8.56. The molecule has 1 rings (SSSR count). The topological polar surface area (TPSA) is 44.5 Å². The molecule has 0 saturated heterocycles. The van der Waals surface area contributed by atoms with E-state index in [4.69, 9.17) is 0 Å². The molecule has 3 nitrogen and oxygen atoms in total. The van der Waals surface area contributed by atoms with Gasteiger partial charge in [0.25, 0.3) is 0 Å². The molecule has 0 amide bonds. The Labute approximate surface area is 53.4 Å². The van der Waals surface area contributed by atoms with E-state index < -0.39 is 0 Å². The number of hydrogen-bond acceptors (Lipinski definition) is 1. The number of aromatic amines is 2. The summed E-state index contributed by atoms with van der Waals surface area (Å²) in [6, 6.07) is 3.81. The zero-order chi connectivity index (χ0) is 6.53. The molecule has 0 spiro atoms. The van der Waals surface area contributed by atoms with Crippen molar-refractivity contribution in [3.05, 3.63) is 30.4 Å². The summed E-state index contributed by atoms with van der Waals surface area (Å²) in [6.07, 6.45) is 3.41. The van der Waals surface area contributed by atoms with Gasteiger partial charge >= 0.3 is 0 Å². The summed E-state index contributed by atoms with van der Waals surface area (Å²) in [6.45, 7) is 1.94. The largest absolute Gasteiger partial charge is 0.307 e. The minimum atomic E-state index is 0.986. The highest BCUT2D eigenvalue weighted by Crippen LogP contribution is 1.81. The van der Waals surface area contributed by atoms with Crippen molar-refractivity contribution >= 4 is 0 Å². The van der Waals surface area contributed by atoms with Crippen LogP contribution in [0.3, 0.4) is 0 Å². The van der Waals surface area contributed by atoms with Crippen LogP contribution in [0.1, 0.15) is 5.69 Å². The van der Waals surface area contributed by atoms with Crippen LogP contribution in [0.25, 0.3) is 0 Å². The first-order chi connectivity index (χ1) is 4.39. The molecule has 0 saturated carbocycles. The summed E-state index contributed by atoms with van der Waals surface area (Å²) in [7, 11) is 0. The lowest BCUT2D eigenvalue weighted by molar-refractivity contribution is 0.986. The summed E-state index contributed by atoms with van der Waals surface area (Å²) in [4.78, 5) is 3.99. The van der Waals surface area contributed by atoms with Gasteiger partial charge in [-0.05, 0) is 19.1 Å². The fourth-order valence-electron chi connectivity index (χ4n) is 0.498. The van der Waals surface area contributed by atoms with Gasteiger partial charge in [-0.15, -0.1) is 0 Å². The molecule has 0 radical (unpaired) electrons. The van der Waals surface area contributed by atoms with Gasteiger partial charge in [0.05, 0.1) is 0 Å². The average molecular weight is 123 g/mol. The predicted molar refractivity (Wildman–Crippen MR) is 35.3 cm³/mol. The first-order valence-electron chi connectivity index (χ1n) is 2.76. The molecule has 48 valence electrons. The SMILES string of the molecule is Cc1ccc[nH][nH]cn1. The van der Waals surface area contributed by atoms with Crippen LogP contribution in [0.5, 0.6) is 0 Å². The summed E-state index contributed by atoms with van der Waals surface area (Å²) in [5, 5.41) is 5.53. The number of nitrogens with zero attached hydrogens (tertiary/aromatic N) is 1. The van der Waals surface area contributed by atoms with Gasteiger partial charge in [0.2, 0.25) is 0 Å². The smallest absolute Gasteiger partial charge is 0.107 e. The van der Waals surface area contributed by atoms with E-state index in [1.165, 1.54) is 0 Å². The second kappa shape index (κ2) is 2.91. The molecule has 2 N–H and O–H groups in total. The third-order valence-electron chi connectivity index (χ3n) is 0.933. The number of hydrogen-bond donors (Lipinski definition) is 2. The number of nitrogens with one attached hydrogen (secondary N) is 2. The minimum absolute atomic E-state index is 0.986. The zero-order valence-corrected chi connectivity index (χ0v) is 5.26. The van der Waals surface area contributed by atoms with Crippen LogP contribution in [0.15, 0.2) is 24.7 Å². The molecule has 1 aromatic rings. The molecule has 9 heavy (non-hydrogen) atoms. The zero-order valence-electron chi connectivity index (χ0n) is 5.26. The lowest BCUT2D eigenvalue weighted by Crippen LogP contribution is -1.77. The van der Waals surface area contributed by atoms with Crippen molar-refractivity contribution in [3.63, 3.8) is 0 Å². The molecule has 0 aliphatic heterocycles. The second-order valence-electron chi connectivity index (χ2n) is 1.71. The molecular weight excluding hydrogens is 114 g/mol. The van der Waals surface area contributed by atoms with E-state index in [1.807, 2.05) is 19.1 Å². The molecule has 1 heterocycles. The average Bonchev–Trinajstić information content (AvgIpc) is 1.79. The van der Waals surface area contributed by atoms with E-state index in [1.54, 1.807) is 12.5 Å². The van der Waals surface area contributed by atoms with Gasteiger partial charge in [0.15, 0.2) is 0 Å². The van der Waals surface area contributed by atoms with Gasteiger partial charge in [-0.25, -0.2) is 4.98 Å². The van der Waals surface area contributed by atoms with E-state index in [0.717, 1.165) is 5.69 Å². The Balaban J connectivity index is 3.08. The quantitative estimate of drug-likeness (QED) is 0.534. The van der Waals surface area contributed by atoms with Crippen molar-refractivity contribution < 1.29 is 0 Å². The van der Waals surface area contributed by atoms with E-state index >= 15 is 0 Å².